The third-order valence-corrected chi connectivity index (χ3v) is 15.7. The average molecular weight is 1170 g/mol. The Morgan fingerprint density at radius 3 is 0.634 bits per heavy atom. The predicted octanol–water partition coefficient (Wildman–Crippen LogP) is 11.2. The van der Waals surface area contributed by atoms with Crippen molar-refractivity contribution in [1.82, 2.24) is 31.1 Å². The fourth-order valence-corrected chi connectivity index (χ4v) is 10.3. The van der Waals surface area contributed by atoms with Crippen LogP contribution in [0.2, 0.25) is 0 Å². The lowest BCUT2D eigenvalue weighted by atomic mass is 10.1. The van der Waals surface area contributed by atoms with Crippen LogP contribution in [0.4, 0.5) is 0 Å². The SMILES string of the molecule is CCCCCCCCCCCCNC(=O)C(O)CN(CCOCCOCCN(CC(O)C(=O)NCCCCCCCCCCCC)CC(O)C(=O)NCCCCCCCCCCCC)CC(O)C(=O)NCCCCCCCCCCCC. The Balaban J connectivity index is 5.24. The van der Waals surface area contributed by atoms with Gasteiger partial charge in [-0.05, 0) is 25.7 Å². The highest BCUT2D eigenvalue weighted by atomic mass is 16.5. The van der Waals surface area contributed by atoms with Gasteiger partial charge < -0.3 is 51.2 Å². The Kier molecular flexibility index (Phi) is 59.8. The van der Waals surface area contributed by atoms with Crippen LogP contribution in [0.3, 0.4) is 0 Å². The molecule has 0 saturated carbocycles. The van der Waals surface area contributed by atoms with Gasteiger partial charge in [-0.25, -0.2) is 0 Å². The van der Waals surface area contributed by atoms with E-state index in [2.05, 4.69) is 49.0 Å². The molecule has 0 spiro atoms. The largest absolute Gasteiger partial charge is 0.382 e. The number of rotatable bonds is 65. The molecule has 0 aliphatic rings. The number of carbonyl (C=O) groups is 4. The van der Waals surface area contributed by atoms with Gasteiger partial charge in [0.2, 0.25) is 23.6 Å². The van der Waals surface area contributed by atoms with E-state index in [-0.39, 0.29) is 65.7 Å². The van der Waals surface area contributed by atoms with Gasteiger partial charge in [-0.15, -0.1) is 0 Å². The smallest absolute Gasteiger partial charge is 0.250 e. The maximum absolute atomic E-state index is 13.0. The Hall–Kier alpha value is -2.44. The normalized spacial score (nSPS) is 13.1. The molecule has 0 bridgehead atoms. The van der Waals surface area contributed by atoms with Crippen LogP contribution in [-0.2, 0) is 28.7 Å². The van der Waals surface area contributed by atoms with Crippen LogP contribution >= 0.6 is 0 Å². The third kappa shape index (κ3) is 53.1. The second-order valence-electron chi connectivity index (χ2n) is 23.7. The van der Waals surface area contributed by atoms with Crippen molar-refractivity contribution < 1.29 is 49.1 Å². The van der Waals surface area contributed by atoms with Gasteiger partial charge in [0, 0.05) is 65.4 Å². The van der Waals surface area contributed by atoms with Crippen LogP contribution in [0, 0.1) is 0 Å². The summed E-state index contributed by atoms with van der Waals surface area (Å²) in [7, 11) is 0. The second-order valence-corrected chi connectivity index (χ2v) is 23.7. The lowest BCUT2D eigenvalue weighted by Crippen LogP contribution is -2.49. The van der Waals surface area contributed by atoms with E-state index >= 15 is 0 Å². The molecule has 0 aliphatic carbocycles. The molecular weight excluding hydrogens is 1040 g/mol. The number of unbranched alkanes of at least 4 members (excludes halogenated alkanes) is 36. The zero-order valence-electron chi connectivity index (χ0n) is 53.6. The van der Waals surface area contributed by atoms with Crippen LogP contribution in [0.25, 0.3) is 0 Å². The van der Waals surface area contributed by atoms with Crippen molar-refractivity contribution in [3.63, 3.8) is 0 Å². The molecule has 16 heteroatoms. The first-order chi connectivity index (χ1) is 40.0. The molecule has 0 aromatic heterocycles. The maximum atomic E-state index is 13.0. The minimum absolute atomic E-state index is 0.0886. The van der Waals surface area contributed by atoms with Crippen molar-refractivity contribution in [3.05, 3.63) is 0 Å². The minimum Gasteiger partial charge on any atom is -0.382 e. The van der Waals surface area contributed by atoms with Crippen molar-refractivity contribution in [3.8, 4) is 0 Å². The second kappa shape index (κ2) is 61.6. The maximum Gasteiger partial charge on any atom is 0.250 e. The fraction of sp³-hybridized carbons (Fsp3) is 0.939. The van der Waals surface area contributed by atoms with E-state index in [0.717, 1.165) is 77.0 Å². The summed E-state index contributed by atoms with van der Waals surface area (Å²) in [6.07, 6.45) is 41.9. The summed E-state index contributed by atoms with van der Waals surface area (Å²) in [5, 5.41) is 55.3. The van der Waals surface area contributed by atoms with Gasteiger partial charge >= 0.3 is 0 Å². The van der Waals surface area contributed by atoms with Gasteiger partial charge in [-0.1, -0.05) is 259 Å². The van der Waals surface area contributed by atoms with E-state index < -0.39 is 48.0 Å². The Bertz CT molecular complexity index is 1220. The first kappa shape index (κ1) is 79.6. The van der Waals surface area contributed by atoms with E-state index in [1.807, 2.05) is 0 Å². The first-order valence-electron chi connectivity index (χ1n) is 34.4. The topological polar surface area (TPSA) is 222 Å². The van der Waals surface area contributed by atoms with E-state index in [1.165, 1.54) is 180 Å². The average Bonchev–Trinajstić information content (AvgIpc) is 3.46. The first-order valence-corrected chi connectivity index (χ1v) is 34.4. The van der Waals surface area contributed by atoms with Crippen LogP contribution in [0.1, 0.15) is 285 Å². The molecule has 0 saturated heterocycles. The van der Waals surface area contributed by atoms with Crippen LogP contribution in [-0.4, -0.2) is 170 Å². The van der Waals surface area contributed by atoms with Crippen molar-refractivity contribution >= 4 is 23.6 Å². The van der Waals surface area contributed by atoms with Gasteiger partial charge in [0.15, 0.2) is 0 Å². The summed E-state index contributed by atoms with van der Waals surface area (Å²) < 4.78 is 11.8. The van der Waals surface area contributed by atoms with Gasteiger partial charge in [0.1, 0.15) is 24.4 Å². The molecule has 0 aromatic rings. The number of hydrogen-bond acceptors (Lipinski definition) is 12. The number of aliphatic hydroxyl groups excluding tert-OH is 4. The molecule has 0 heterocycles. The third-order valence-electron chi connectivity index (χ3n) is 15.7. The zero-order valence-corrected chi connectivity index (χ0v) is 53.6. The molecule has 16 nitrogen and oxygen atoms in total. The number of amides is 4. The van der Waals surface area contributed by atoms with Crippen molar-refractivity contribution in [2.24, 2.45) is 0 Å². The van der Waals surface area contributed by atoms with Crippen molar-refractivity contribution in [1.29, 1.82) is 0 Å². The summed E-state index contributed by atoms with van der Waals surface area (Å²) >= 11 is 0. The van der Waals surface area contributed by atoms with Crippen LogP contribution < -0.4 is 21.3 Å². The minimum atomic E-state index is -1.36. The summed E-state index contributed by atoms with van der Waals surface area (Å²) in [6, 6.07) is 0. The number of aliphatic hydroxyl groups is 4. The highest BCUT2D eigenvalue weighted by Gasteiger charge is 2.25. The molecule has 4 atom stereocenters. The summed E-state index contributed by atoms with van der Waals surface area (Å²) in [5.74, 6) is -1.95. The Morgan fingerprint density at radius 1 is 0.280 bits per heavy atom. The summed E-state index contributed by atoms with van der Waals surface area (Å²) in [5.41, 5.74) is 0. The number of hydrogen-bond donors (Lipinski definition) is 8. The van der Waals surface area contributed by atoms with Crippen LogP contribution in [0.5, 0.6) is 0 Å². The molecule has 82 heavy (non-hydrogen) atoms. The summed E-state index contributed by atoms with van der Waals surface area (Å²) in [4.78, 5) is 55.3. The highest BCUT2D eigenvalue weighted by Crippen LogP contribution is 2.14. The number of nitrogens with one attached hydrogen (secondary N) is 4. The monoisotopic (exact) mass is 1170 g/mol. The van der Waals surface area contributed by atoms with Gasteiger partial charge in [-0.3, -0.25) is 29.0 Å². The number of nitrogens with zero attached hydrogens (tertiary/aromatic N) is 2. The van der Waals surface area contributed by atoms with E-state index in [0.29, 0.717) is 26.2 Å². The molecule has 0 radical (unpaired) electrons. The molecule has 0 fully saturated rings. The van der Waals surface area contributed by atoms with Crippen molar-refractivity contribution in [2.75, 3.05) is 91.9 Å². The molecule has 4 amide bonds. The molecule has 8 N–H and O–H groups in total. The molecule has 0 aliphatic heterocycles. The molecule has 486 valence electrons. The lowest BCUT2D eigenvalue weighted by Gasteiger charge is -2.27. The Morgan fingerprint density at radius 2 is 0.451 bits per heavy atom. The Labute approximate surface area is 502 Å². The van der Waals surface area contributed by atoms with Crippen molar-refractivity contribution in [2.45, 2.75) is 309 Å². The lowest BCUT2D eigenvalue weighted by molar-refractivity contribution is -0.133. The molecule has 0 aromatic carbocycles. The quantitative estimate of drug-likeness (QED) is 0.0267. The predicted molar refractivity (Wildman–Crippen MR) is 338 cm³/mol. The number of ether oxygens (including phenoxy) is 2. The van der Waals surface area contributed by atoms with Crippen LogP contribution in [0.15, 0.2) is 0 Å². The van der Waals surface area contributed by atoms with Gasteiger partial charge in [0.05, 0.1) is 26.4 Å². The zero-order chi connectivity index (χ0) is 60.2. The fourth-order valence-electron chi connectivity index (χ4n) is 10.3. The highest BCUT2D eigenvalue weighted by molar-refractivity contribution is 5.82. The van der Waals surface area contributed by atoms with E-state index in [1.54, 1.807) is 9.80 Å². The van der Waals surface area contributed by atoms with Gasteiger partial charge in [-0.2, -0.15) is 0 Å². The van der Waals surface area contributed by atoms with E-state index in [9.17, 15) is 39.6 Å². The van der Waals surface area contributed by atoms with Gasteiger partial charge in [0.25, 0.3) is 0 Å². The van der Waals surface area contributed by atoms with E-state index in [4.69, 9.17) is 9.47 Å². The standard InChI is InChI=1S/C66H132N6O10/c1-5-9-13-17-21-25-29-33-37-41-45-67-63(77)59(73)55-71(56-60(74)64(78)68-46-42-38-34-30-26-22-18-14-10-6-2)49-51-81-53-54-82-52-50-72(57-61(75)65(79)69-47-43-39-35-31-27-23-19-15-11-7-3)58-62(76)66(80)70-48-44-40-36-32-28-24-20-16-12-8-4/h59-62,73-76H,5-58H2,1-4H3,(H,67,77)(H,68,78)(H,69,79)(H,70,80). The molecule has 4 unspecified atom stereocenters. The number of carbonyl (C=O) groups excluding carboxylic acids is 4. The summed E-state index contributed by atoms with van der Waals surface area (Å²) in [6.45, 7) is 11.7. The molecular formula is C66H132N6O10. The molecule has 0 rings (SSSR count).